The number of aryl methyl sites for hydroxylation is 2. The minimum atomic E-state index is 0.0728. The Labute approximate surface area is 172 Å². The van der Waals surface area contributed by atoms with Gasteiger partial charge in [-0.1, -0.05) is 14.7 Å². The highest BCUT2D eigenvalue weighted by molar-refractivity contribution is 7.51. The molecule has 29 heavy (non-hydrogen) atoms. The van der Waals surface area contributed by atoms with Gasteiger partial charge >= 0.3 is 0 Å². The molecule has 0 bridgehead atoms. The Morgan fingerprint density at radius 1 is 1.14 bits per heavy atom. The van der Waals surface area contributed by atoms with Crippen LogP contribution in [0.5, 0.6) is 0 Å². The maximum absolute atomic E-state index is 13.0. The first kappa shape index (κ1) is 18.6. The highest BCUT2D eigenvalue weighted by Gasteiger charge is 2.30. The summed E-state index contributed by atoms with van der Waals surface area (Å²) in [6.45, 7) is 6.22. The highest BCUT2D eigenvalue weighted by Crippen LogP contribution is 2.45. The maximum atomic E-state index is 13.0. The summed E-state index contributed by atoms with van der Waals surface area (Å²) >= 11 is 0. The second kappa shape index (κ2) is 7.12. The minimum absolute atomic E-state index is 0.0728. The SMILES string of the molecule is Cc1cc(C2=CC(=O)N3C=C(N4CCN(C)CC4)C=CC3P2)cc2cn(C)nc12. The number of aromatic nitrogens is 2. The zero-order chi connectivity index (χ0) is 20.1. The van der Waals surface area contributed by atoms with Crippen molar-refractivity contribution in [3.8, 4) is 0 Å². The van der Waals surface area contributed by atoms with Crippen LogP contribution < -0.4 is 0 Å². The van der Waals surface area contributed by atoms with Gasteiger partial charge in [0.15, 0.2) is 0 Å². The van der Waals surface area contributed by atoms with Crippen LogP contribution in [0, 0.1) is 6.92 Å². The lowest BCUT2D eigenvalue weighted by atomic mass is 10.1. The molecule has 7 heteroatoms. The molecule has 0 radical (unpaired) electrons. The number of hydrogen-bond acceptors (Lipinski definition) is 4. The average molecular weight is 407 g/mol. The number of amides is 1. The second-order valence-electron chi connectivity index (χ2n) is 8.13. The highest BCUT2D eigenvalue weighted by atomic mass is 31.1. The fourth-order valence-corrected chi connectivity index (χ4v) is 5.64. The molecule has 1 fully saturated rings. The number of piperazine rings is 1. The fourth-order valence-electron chi connectivity index (χ4n) is 4.27. The average Bonchev–Trinajstić information content (AvgIpc) is 3.09. The third kappa shape index (κ3) is 3.41. The fraction of sp³-hybridized carbons (Fsp3) is 0.364. The summed E-state index contributed by atoms with van der Waals surface area (Å²) in [6.07, 6.45) is 10.3. The van der Waals surface area contributed by atoms with Crippen molar-refractivity contribution in [3.63, 3.8) is 0 Å². The van der Waals surface area contributed by atoms with E-state index in [0.29, 0.717) is 8.58 Å². The lowest BCUT2D eigenvalue weighted by Crippen LogP contribution is -2.45. The van der Waals surface area contributed by atoms with Crippen LogP contribution in [0.4, 0.5) is 0 Å². The largest absolute Gasteiger partial charge is 0.368 e. The van der Waals surface area contributed by atoms with Gasteiger partial charge in [-0.05, 0) is 48.6 Å². The van der Waals surface area contributed by atoms with E-state index < -0.39 is 0 Å². The minimum Gasteiger partial charge on any atom is -0.368 e. The smallest absolute Gasteiger partial charge is 0.252 e. The first-order chi connectivity index (χ1) is 14.0. The number of allylic oxidation sites excluding steroid dienone is 1. The number of carbonyl (C=O) groups excluding carboxylic acids is 1. The molecule has 1 aromatic heterocycles. The summed E-state index contributed by atoms with van der Waals surface area (Å²) in [5.74, 6) is 0.187. The van der Waals surface area contributed by atoms with E-state index in [1.54, 1.807) is 0 Å². The Hall–Kier alpha value is -2.43. The Morgan fingerprint density at radius 3 is 2.72 bits per heavy atom. The molecule has 0 aliphatic carbocycles. The van der Waals surface area contributed by atoms with Gasteiger partial charge in [-0.25, -0.2) is 0 Å². The molecule has 0 saturated carbocycles. The van der Waals surface area contributed by atoms with E-state index in [4.69, 9.17) is 0 Å². The molecule has 4 heterocycles. The van der Waals surface area contributed by atoms with E-state index in [-0.39, 0.29) is 11.7 Å². The molecular weight excluding hydrogens is 381 g/mol. The number of fused-ring (bicyclic) bond motifs is 2. The Bertz CT molecular complexity index is 1070. The molecule has 150 valence electrons. The van der Waals surface area contributed by atoms with Gasteiger partial charge in [-0.2, -0.15) is 5.10 Å². The van der Waals surface area contributed by atoms with E-state index in [9.17, 15) is 4.79 Å². The van der Waals surface area contributed by atoms with Gasteiger partial charge in [0, 0.05) is 57.1 Å². The third-order valence-electron chi connectivity index (χ3n) is 5.94. The van der Waals surface area contributed by atoms with Crippen molar-refractivity contribution in [3.05, 3.63) is 59.6 Å². The topological polar surface area (TPSA) is 44.6 Å². The summed E-state index contributed by atoms with van der Waals surface area (Å²) in [6, 6.07) is 4.32. The predicted octanol–water partition coefficient (Wildman–Crippen LogP) is 2.73. The molecule has 2 unspecified atom stereocenters. The summed E-state index contributed by atoms with van der Waals surface area (Å²) < 4.78 is 1.85. The van der Waals surface area contributed by atoms with Crippen molar-refractivity contribution >= 4 is 30.7 Å². The van der Waals surface area contributed by atoms with Gasteiger partial charge < -0.3 is 14.7 Å². The van der Waals surface area contributed by atoms with E-state index in [1.807, 2.05) is 35.1 Å². The first-order valence-corrected chi connectivity index (χ1v) is 11.1. The molecular formula is C22H26N5OP. The van der Waals surface area contributed by atoms with Crippen LogP contribution in [0.25, 0.3) is 16.2 Å². The molecule has 1 amide bonds. The maximum Gasteiger partial charge on any atom is 0.252 e. The van der Waals surface area contributed by atoms with Crippen molar-refractivity contribution in [1.29, 1.82) is 0 Å². The van der Waals surface area contributed by atoms with Crippen LogP contribution in [0.15, 0.2) is 48.5 Å². The van der Waals surface area contributed by atoms with Crippen LogP contribution in [0.1, 0.15) is 11.1 Å². The molecule has 1 aromatic carbocycles. The van der Waals surface area contributed by atoms with Gasteiger partial charge in [-0.15, -0.1) is 0 Å². The van der Waals surface area contributed by atoms with Crippen LogP contribution >= 0.6 is 8.58 Å². The molecule has 0 spiro atoms. The van der Waals surface area contributed by atoms with Crippen molar-refractivity contribution in [1.82, 2.24) is 24.5 Å². The second-order valence-corrected chi connectivity index (χ2v) is 9.55. The Kier molecular flexibility index (Phi) is 4.56. The van der Waals surface area contributed by atoms with Crippen LogP contribution in [-0.2, 0) is 11.8 Å². The summed E-state index contributed by atoms with van der Waals surface area (Å²) in [5.41, 5.74) is 4.46. The lowest BCUT2D eigenvalue weighted by molar-refractivity contribution is -0.123. The molecule has 6 nitrogen and oxygen atoms in total. The molecule has 0 N–H and O–H groups in total. The Morgan fingerprint density at radius 2 is 1.93 bits per heavy atom. The van der Waals surface area contributed by atoms with Crippen molar-refractivity contribution in [2.45, 2.75) is 12.7 Å². The predicted molar refractivity (Wildman–Crippen MR) is 119 cm³/mol. The number of hydrogen-bond donors (Lipinski definition) is 0. The van der Waals surface area contributed by atoms with Crippen LogP contribution in [-0.4, -0.2) is 69.4 Å². The number of carbonyl (C=O) groups is 1. The standard InChI is InChI=1S/C22H26N5OP/c1-15-10-16(11-17-13-25(3)23-22(15)17)19-12-20(28)27-14-18(4-5-21(27)29-19)26-8-6-24(2)7-9-26/h4-5,10-14,21,29H,6-9H2,1-3H3. The zero-order valence-corrected chi connectivity index (χ0v) is 18.1. The number of benzene rings is 1. The first-order valence-electron chi connectivity index (χ1n) is 10.1. The van der Waals surface area contributed by atoms with Gasteiger partial charge in [-0.3, -0.25) is 9.48 Å². The summed E-state index contributed by atoms with van der Waals surface area (Å²) in [4.78, 5) is 19.6. The lowest BCUT2D eigenvalue weighted by Gasteiger charge is -2.39. The normalized spacial score (nSPS) is 23.6. The van der Waals surface area contributed by atoms with Gasteiger partial charge in [0.05, 0.1) is 17.0 Å². The molecule has 2 atom stereocenters. The van der Waals surface area contributed by atoms with Crippen molar-refractivity contribution < 1.29 is 4.79 Å². The number of nitrogens with zero attached hydrogens (tertiary/aromatic N) is 5. The van der Waals surface area contributed by atoms with E-state index in [0.717, 1.165) is 59.2 Å². The molecule has 5 rings (SSSR count). The summed E-state index contributed by atoms with van der Waals surface area (Å²) in [7, 11) is 4.64. The van der Waals surface area contributed by atoms with E-state index in [1.165, 1.54) is 0 Å². The van der Waals surface area contributed by atoms with Crippen molar-refractivity contribution in [2.75, 3.05) is 33.2 Å². The monoisotopic (exact) mass is 407 g/mol. The molecule has 1 saturated heterocycles. The molecule has 2 aromatic rings. The molecule has 3 aliphatic heterocycles. The quantitative estimate of drug-likeness (QED) is 0.719. The van der Waals surface area contributed by atoms with E-state index >= 15 is 0 Å². The Balaban J connectivity index is 1.42. The number of rotatable bonds is 2. The number of likely N-dealkylation sites (N-methyl/N-ethyl adjacent to an activating group) is 1. The third-order valence-corrected chi connectivity index (χ3v) is 7.45. The summed E-state index contributed by atoms with van der Waals surface area (Å²) in [5, 5.41) is 6.79. The zero-order valence-electron chi connectivity index (χ0n) is 17.1. The van der Waals surface area contributed by atoms with E-state index in [2.05, 4.69) is 53.2 Å². The van der Waals surface area contributed by atoms with Crippen molar-refractivity contribution in [2.24, 2.45) is 7.05 Å². The van der Waals surface area contributed by atoms with Crippen LogP contribution in [0.2, 0.25) is 0 Å². The van der Waals surface area contributed by atoms with Crippen LogP contribution in [0.3, 0.4) is 0 Å². The van der Waals surface area contributed by atoms with Gasteiger partial charge in [0.2, 0.25) is 0 Å². The van der Waals surface area contributed by atoms with Gasteiger partial charge in [0.25, 0.3) is 5.91 Å². The molecule has 3 aliphatic rings. The van der Waals surface area contributed by atoms with Gasteiger partial charge in [0.1, 0.15) is 0 Å².